The molecule has 0 atom stereocenters. The van der Waals surface area contributed by atoms with Gasteiger partial charge in [-0.25, -0.2) is 4.98 Å². The van der Waals surface area contributed by atoms with Crippen LogP contribution in [0.3, 0.4) is 0 Å². The summed E-state index contributed by atoms with van der Waals surface area (Å²) in [6.07, 6.45) is 7.73. The van der Waals surface area contributed by atoms with Gasteiger partial charge in [-0.2, -0.15) is 5.10 Å². The van der Waals surface area contributed by atoms with Gasteiger partial charge in [0.05, 0.1) is 22.9 Å². The van der Waals surface area contributed by atoms with Crippen LogP contribution in [-0.4, -0.2) is 46.0 Å². The molecule has 1 aliphatic heterocycles. The molecule has 0 unspecified atom stereocenters. The van der Waals surface area contributed by atoms with Crippen molar-refractivity contribution in [3.8, 4) is 0 Å². The Morgan fingerprint density at radius 1 is 1.26 bits per heavy atom. The Bertz CT molecular complexity index is 743. The number of aromatic nitrogens is 2. The van der Waals surface area contributed by atoms with E-state index in [1.807, 2.05) is 12.1 Å². The zero-order chi connectivity index (χ0) is 15.6. The Morgan fingerprint density at radius 3 is 2.96 bits per heavy atom. The maximum absolute atomic E-state index is 6.94. The van der Waals surface area contributed by atoms with Gasteiger partial charge in [0.2, 0.25) is 0 Å². The smallest absolute Gasteiger partial charge is 0.111 e. The highest BCUT2D eigenvalue weighted by Crippen LogP contribution is 2.28. The second-order valence-electron chi connectivity index (χ2n) is 6.31. The molecule has 1 saturated carbocycles. The predicted molar refractivity (Wildman–Crippen MR) is 93.5 cm³/mol. The minimum Gasteiger partial charge on any atom is -0.327 e. The van der Waals surface area contributed by atoms with Crippen LogP contribution in [0.25, 0.3) is 11.0 Å². The monoisotopic (exact) mass is 310 g/mol. The first-order chi connectivity index (χ1) is 11.3. The average Bonchev–Trinajstić information content (AvgIpc) is 2.73. The summed E-state index contributed by atoms with van der Waals surface area (Å²) in [4.78, 5) is 7.48. The molecule has 0 bridgehead atoms. The van der Waals surface area contributed by atoms with E-state index in [9.17, 15) is 0 Å². The Morgan fingerprint density at radius 2 is 2.17 bits per heavy atom. The highest BCUT2D eigenvalue weighted by Gasteiger charge is 2.27. The molecule has 1 aromatic carbocycles. The molecule has 1 aromatic heterocycles. The Balaban J connectivity index is 1.56. The molecule has 0 spiro atoms. The maximum atomic E-state index is 6.94. The van der Waals surface area contributed by atoms with Crippen LogP contribution >= 0.6 is 0 Å². The number of hydrogen-bond donors (Lipinski definition) is 2. The van der Waals surface area contributed by atoms with E-state index in [0.717, 1.165) is 49.5 Å². The second-order valence-corrected chi connectivity index (χ2v) is 6.31. The molecule has 120 valence electrons. The maximum Gasteiger partial charge on any atom is 0.111 e. The van der Waals surface area contributed by atoms with E-state index in [-0.39, 0.29) is 0 Å². The van der Waals surface area contributed by atoms with E-state index < -0.39 is 0 Å². The standard InChI is InChI=1S/C17H22N6/c18-7-8-19-21-13-4-5-16-15(12-13)20-17-6-9-22(10-11-23(16)17)14-2-1-3-14/h4-5,7-8,12,14,18,21H,1-3,6,9-11H2/b18-7?,19-8-. The molecule has 4 rings (SSSR count). The fourth-order valence-electron chi connectivity index (χ4n) is 3.54. The van der Waals surface area contributed by atoms with E-state index in [1.165, 1.54) is 36.8 Å². The van der Waals surface area contributed by atoms with Crippen LogP contribution < -0.4 is 5.43 Å². The number of anilines is 1. The molecule has 6 nitrogen and oxygen atoms in total. The molecule has 2 aromatic rings. The van der Waals surface area contributed by atoms with Crippen LogP contribution in [0.1, 0.15) is 25.1 Å². The van der Waals surface area contributed by atoms with Gasteiger partial charge < -0.3 is 9.98 Å². The van der Waals surface area contributed by atoms with Crippen molar-refractivity contribution in [2.75, 3.05) is 18.5 Å². The fourth-order valence-corrected chi connectivity index (χ4v) is 3.54. The lowest BCUT2D eigenvalue weighted by Gasteiger charge is -2.36. The summed E-state index contributed by atoms with van der Waals surface area (Å²) < 4.78 is 2.37. The number of imidazole rings is 1. The first kappa shape index (κ1) is 14.4. The lowest BCUT2D eigenvalue weighted by molar-refractivity contribution is 0.130. The molecule has 0 radical (unpaired) electrons. The van der Waals surface area contributed by atoms with Crippen LogP contribution in [0.15, 0.2) is 23.3 Å². The molecule has 2 aliphatic rings. The zero-order valence-corrected chi connectivity index (χ0v) is 13.2. The third-order valence-corrected chi connectivity index (χ3v) is 4.99. The van der Waals surface area contributed by atoms with E-state index in [4.69, 9.17) is 10.4 Å². The molecule has 2 heterocycles. The van der Waals surface area contributed by atoms with Crippen molar-refractivity contribution < 1.29 is 0 Å². The van der Waals surface area contributed by atoms with Crippen molar-refractivity contribution in [2.24, 2.45) is 5.10 Å². The normalized spacial score (nSPS) is 19.5. The van der Waals surface area contributed by atoms with Gasteiger partial charge in [-0.15, -0.1) is 0 Å². The summed E-state index contributed by atoms with van der Waals surface area (Å²) in [5, 5.41) is 10.9. The summed E-state index contributed by atoms with van der Waals surface area (Å²) in [6, 6.07) is 6.98. The Labute approximate surface area is 135 Å². The Kier molecular flexibility index (Phi) is 3.83. The van der Waals surface area contributed by atoms with Crippen LogP contribution in [0.2, 0.25) is 0 Å². The van der Waals surface area contributed by atoms with Gasteiger partial charge in [0.1, 0.15) is 5.82 Å². The largest absolute Gasteiger partial charge is 0.327 e. The van der Waals surface area contributed by atoms with Gasteiger partial charge in [-0.05, 0) is 31.0 Å². The molecular weight excluding hydrogens is 288 g/mol. The molecule has 2 N–H and O–H groups in total. The van der Waals surface area contributed by atoms with E-state index in [2.05, 4.69) is 26.1 Å². The van der Waals surface area contributed by atoms with Gasteiger partial charge in [0.25, 0.3) is 0 Å². The number of fused-ring (bicyclic) bond motifs is 3. The van der Waals surface area contributed by atoms with Crippen molar-refractivity contribution in [1.82, 2.24) is 14.5 Å². The number of hydrazone groups is 1. The van der Waals surface area contributed by atoms with Crippen molar-refractivity contribution in [1.29, 1.82) is 5.41 Å². The quantitative estimate of drug-likeness (QED) is 0.673. The minimum atomic E-state index is 0.813. The van der Waals surface area contributed by atoms with Gasteiger partial charge >= 0.3 is 0 Å². The molecule has 23 heavy (non-hydrogen) atoms. The molecule has 1 aliphatic carbocycles. The number of nitrogens with one attached hydrogen (secondary N) is 2. The summed E-state index contributed by atoms with van der Waals surface area (Å²) in [5.74, 6) is 1.20. The van der Waals surface area contributed by atoms with Gasteiger partial charge in [0, 0.05) is 38.3 Å². The summed E-state index contributed by atoms with van der Waals surface area (Å²) >= 11 is 0. The van der Waals surface area contributed by atoms with Crippen LogP contribution in [-0.2, 0) is 13.0 Å². The van der Waals surface area contributed by atoms with Crippen molar-refractivity contribution >= 4 is 29.1 Å². The lowest BCUT2D eigenvalue weighted by Crippen LogP contribution is -2.41. The van der Waals surface area contributed by atoms with Gasteiger partial charge in [0.15, 0.2) is 0 Å². The van der Waals surface area contributed by atoms with Crippen molar-refractivity contribution in [3.63, 3.8) is 0 Å². The molecule has 0 saturated heterocycles. The Hall–Kier alpha value is -2.21. The highest BCUT2D eigenvalue weighted by molar-refractivity contribution is 6.14. The highest BCUT2D eigenvalue weighted by atomic mass is 15.3. The first-order valence-corrected chi connectivity index (χ1v) is 8.36. The molecule has 0 amide bonds. The van der Waals surface area contributed by atoms with Crippen molar-refractivity contribution in [3.05, 3.63) is 24.0 Å². The molecular formula is C17H22N6. The van der Waals surface area contributed by atoms with Crippen molar-refractivity contribution in [2.45, 2.75) is 38.3 Å². The fraction of sp³-hybridized carbons (Fsp3) is 0.471. The SMILES string of the molecule is N=C/C=N\Nc1ccc2c(c1)nc1n2CCN(C2CCC2)CC1. The third-order valence-electron chi connectivity index (χ3n) is 4.99. The van der Waals surface area contributed by atoms with E-state index >= 15 is 0 Å². The summed E-state index contributed by atoms with van der Waals surface area (Å²) in [7, 11) is 0. The topological polar surface area (TPSA) is 69.3 Å². The number of benzene rings is 1. The molecule has 6 heteroatoms. The van der Waals surface area contributed by atoms with E-state index in [0.29, 0.717) is 0 Å². The second kappa shape index (κ2) is 6.12. The van der Waals surface area contributed by atoms with Crippen LogP contribution in [0.5, 0.6) is 0 Å². The van der Waals surface area contributed by atoms with Crippen LogP contribution in [0, 0.1) is 5.41 Å². The summed E-state index contributed by atoms with van der Waals surface area (Å²) in [6.45, 7) is 3.29. The number of rotatable bonds is 4. The predicted octanol–water partition coefficient (Wildman–Crippen LogP) is 2.49. The first-order valence-electron chi connectivity index (χ1n) is 8.36. The number of nitrogens with zero attached hydrogens (tertiary/aromatic N) is 4. The summed E-state index contributed by atoms with van der Waals surface area (Å²) in [5.41, 5.74) is 6.06. The van der Waals surface area contributed by atoms with Crippen LogP contribution in [0.4, 0.5) is 5.69 Å². The number of hydrogen-bond acceptors (Lipinski definition) is 5. The molecule has 1 fully saturated rings. The zero-order valence-electron chi connectivity index (χ0n) is 13.2. The lowest BCUT2D eigenvalue weighted by atomic mass is 9.91. The minimum absolute atomic E-state index is 0.813. The average molecular weight is 310 g/mol. The third kappa shape index (κ3) is 2.74. The van der Waals surface area contributed by atoms with Gasteiger partial charge in [-0.3, -0.25) is 10.3 Å². The van der Waals surface area contributed by atoms with Gasteiger partial charge in [-0.1, -0.05) is 6.42 Å². The van der Waals surface area contributed by atoms with E-state index in [1.54, 1.807) is 0 Å².